The molecule has 2 heterocycles. The monoisotopic (exact) mass is 498 g/mol. The molecule has 2 aromatic carbocycles. The zero-order valence-corrected chi connectivity index (χ0v) is 19.9. The van der Waals surface area contributed by atoms with Gasteiger partial charge >= 0.3 is 5.92 Å². The van der Waals surface area contributed by atoms with Crippen molar-refractivity contribution in [3.8, 4) is 0 Å². The second-order valence-electron chi connectivity index (χ2n) is 7.97. The molecule has 0 saturated heterocycles. The molecule has 0 aliphatic carbocycles. The van der Waals surface area contributed by atoms with Crippen molar-refractivity contribution in [1.82, 2.24) is 9.71 Å². The molecule has 0 saturated carbocycles. The van der Waals surface area contributed by atoms with Gasteiger partial charge in [0.2, 0.25) is 16.0 Å². The predicted octanol–water partition coefficient (Wildman–Crippen LogP) is 3.81. The highest BCUT2D eigenvalue weighted by atomic mass is 32.2. The molecular formula is C24H24F2N6O2S. The summed E-state index contributed by atoms with van der Waals surface area (Å²) >= 11 is 0. The average molecular weight is 499 g/mol. The molecule has 0 radical (unpaired) electrons. The SMILES string of the molecule is CNS(=O)(=O)c1cc(NC2=NC(Nc3ccc(Cc4ccncc4)cc3)C(F)(F)C=N2)ccc1C. The van der Waals surface area contributed by atoms with Gasteiger partial charge in [-0.05, 0) is 73.5 Å². The number of anilines is 2. The van der Waals surface area contributed by atoms with Crippen LogP contribution in [-0.4, -0.2) is 44.7 Å². The summed E-state index contributed by atoms with van der Waals surface area (Å²) < 4.78 is 55.7. The molecule has 4 rings (SSSR count). The lowest BCUT2D eigenvalue weighted by Gasteiger charge is -2.26. The number of rotatable bonds is 7. The molecule has 1 unspecified atom stereocenters. The minimum absolute atomic E-state index is 0.0669. The number of halogens is 2. The number of aromatic nitrogens is 1. The fraction of sp³-hybridized carbons (Fsp3) is 0.208. The fourth-order valence-corrected chi connectivity index (χ4v) is 4.47. The standard InChI is InChI=1S/C24H24F2N6O2S/c1-16-3-6-20(14-21(16)35(33,34)27-2)31-23-29-15-24(25,26)22(32-23)30-19-7-4-17(5-8-19)13-18-9-11-28-12-10-18/h3-12,14-15,22,27,30H,13H2,1-2H3,(H,31,32). The summed E-state index contributed by atoms with van der Waals surface area (Å²) in [6, 6.07) is 15.6. The van der Waals surface area contributed by atoms with Crippen molar-refractivity contribution in [2.75, 3.05) is 17.7 Å². The zero-order chi connectivity index (χ0) is 25.1. The van der Waals surface area contributed by atoms with Crippen molar-refractivity contribution >= 4 is 33.6 Å². The maximum absolute atomic E-state index is 14.5. The first-order valence-corrected chi connectivity index (χ1v) is 12.2. The molecule has 1 aromatic heterocycles. The number of pyridine rings is 1. The molecule has 1 aliphatic heterocycles. The van der Waals surface area contributed by atoms with Crippen LogP contribution in [0, 0.1) is 6.92 Å². The molecule has 1 atom stereocenters. The Bertz CT molecular complexity index is 1360. The lowest BCUT2D eigenvalue weighted by Crippen LogP contribution is -2.43. The van der Waals surface area contributed by atoms with Crippen LogP contribution in [0.4, 0.5) is 20.2 Å². The Labute approximate surface area is 202 Å². The van der Waals surface area contributed by atoms with Gasteiger partial charge in [0, 0.05) is 23.8 Å². The third-order valence-electron chi connectivity index (χ3n) is 5.39. The van der Waals surface area contributed by atoms with Gasteiger partial charge in [0.05, 0.1) is 11.1 Å². The quantitative estimate of drug-likeness (QED) is 0.459. The first kappa shape index (κ1) is 24.4. The number of benzene rings is 2. The number of hydrogen-bond acceptors (Lipinski definition) is 7. The lowest BCUT2D eigenvalue weighted by molar-refractivity contribution is 0.0627. The first-order valence-electron chi connectivity index (χ1n) is 10.7. The molecule has 3 N–H and O–H groups in total. The van der Waals surface area contributed by atoms with Gasteiger partial charge in [-0.3, -0.25) is 4.98 Å². The van der Waals surface area contributed by atoms with Crippen LogP contribution >= 0.6 is 0 Å². The van der Waals surface area contributed by atoms with E-state index in [-0.39, 0.29) is 10.9 Å². The number of hydrogen-bond donors (Lipinski definition) is 3. The van der Waals surface area contributed by atoms with E-state index in [1.165, 1.54) is 13.1 Å². The summed E-state index contributed by atoms with van der Waals surface area (Å²) in [6.45, 7) is 1.66. The maximum Gasteiger partial charge on any atom is 0.322 e. The van der Waals surface area contributed by atoms with Crippen molar-refractivity contribution in [3.05, 3.63) is 83.7 Å². The smallest absolute Gasteiger partial charge is 0.322 e. The first-order chi connectivity index (χ1) is 16.7. The van der Waals surface area contributed by atoms with Gasteiger partial charge in [-0.2, -0.15) is 8.78 Å². The number of aliphatic imine (C=N–C) groups is 2. The van der Waals surface area contributed by atoms with Crippen LogP contribution in [0.25, 0.3) is 0 Å². The molecule has 0 amide bonds. The van der Waals surface area contributed by atoms with Gasteiger partial charge in [-0.1, -0.05) is 18.2 Å². The highest BCUT2D eigenvalue weighted by molar-refractivity contribution is 7.89. The van der Waals surface area contributed by atoms with Gasteiger partial charge in [-0.25, -0.2) is 23.1 Å². The minimum atomic E-state index is -3.69. The van der Waals surface area contributed by atoms with Crippen LogP contribution in [0.3, 0.4) is 0 Å². The molecule has 8 nitrogen and oxygen atoms in total. The van der Waals surface area contributed by atoms with Gasteiger partial charge in [-0.15, -0.1) is 0 Å². The molecule has 182 valence electrons. The Balaban J connectivity index is 1.50. The second-order valence-corrected chi connectivity index (χ2v) is 9.83. The van der Waals surface area contributed by atoms with E-state index < -0.39 is 22.1 Å². The van der Waals surface area contributed by atoms with Crippen molar-refractivity contribution in [3.63, 3.8) is 0 Å². The molecule has 11 heteroatoms. The Morgan fingerprint density at radius 3 is 2.31 bits per heavy atom. The number of sulfonamides is 1. The minimum Gasteiger partial charge on any atom is -0.358 e. The number of aryl methyl sites for hydroxylation is 1. The number of nitrogens with zero attached hydrogens (tertiary/aromatic N) is 3. The van der Waals surface area contributed by atoms with E-state index >= 15 is 0 Å². The number of alkyl halides is 2. The summed E-state index contributed by atoms with van der Waals surface area (Å²) in [4.78, 5) is 11.8. The molecule has 0 bridgehead atoms. The molecule has 1 aliphatic rings. The van der Waals surface area contributed by atoms with Crippen LogP contribution in [0.1, 0.15) is 16.7 Å². The van der Waals surface area contributed by atoms with Crippen molar-refractivity contribution in [1.29, 1.82) is 0 Å². The van der Waals surface area contributed by atoms with Gasteiger partial charge in [0.15, 0.2) is 6.17 Å². The van der Waals surface area contributed by atoms with E-state index in [0.717, 1.165) is 11.1 Å². The Morgan fingerprint density at radius 1 is 0.971 bits per heavy atom. The van der Waals surface area contributed by atoms with Crippen LogP contribution in [0.5, 0.6) is 0 Å². The van der Waals surface area contributed by atoms with E-state index in [4.69, 9.17) is 0 Å². The Hall–Kier alpha value is -3.70. The third kappa shape index (κ3) is 5.87. The third-order valence-corrected chi connectivity index (χ3v) is 6.95. The van der Waals surface area contributed by atoms with E-state index in [9.17, 15) is 17.2 Å². The number of nitrogens with one attached hydrogen (secondary N) is 3. The van der Waals surface area contributed by atoms with Crippen LogP contribution in [0.15, 0.2) is 81.9 Å². The molecule has 35 heavy (non-hydrogen) atoms. The van der Waals surface area contributed by atoms with E-state index in [0.29, 0.717) is 29.6 Å². The van der Waals surface area contributed by atoms with E-state index in [1.54, 1.807) is 43.6 Å². The van der Waals surface area contributed by atoms with Crippen molar-refractivity contribution in [2.24, 2.45) is 9.98 Å². The van der Waals surface area contributed by atoms with E-state index in [2.05, 4.69) is 30.3 Å². The van der Waals surface area contributed by atoms with Gasteiger partial charge in [0.25, 0.3) is 0 Å². The average Bonchev–Trinajstić information content (AvgIpc) is 2.84. The highest BCUT2D eigenvalue weighted by Crippen LogP contribution is 2.26. The van der Waals surface area contributed by atoms with Crippen LogP contribution in [0.2, 0.25) is 0 Å². The van der Waals surface area contributed by atoms with Crippen LogP contribution in [-0.2, 0) is 16.4 Å². The van der Waals surface area contributed by atoms with Gasteiger partial charge < -0.3 is 10.6 Å². The molecule has 3 aromatic rings. The largest absolute Gasteiger partial charge is 0.358 e. The molecule has 0 fully saturated rings. The predicted molar refractivity (Wildman–Crippen MR) is 133 cm³/mol. The number of guanidine groups is 1. The zero-order valence-electron chi connectivity index (χ0n) is 19.0. The Morgan fingerprint density at radius 2 is 1.63 bits per heavy atom. The summed E-state index contributed by atoms with van der Waals surface area (Å²) in [7, 11) is -2.38. The Kier molecular flexibility index (Phi) is 6.90. The van der Waals surface area contributed by atoms with Crippen LogP contribution < -0.4 is 15.4 Å². The molecular weight excluding hydrogens is 474 g/mol. The maximum atomic E-state index is 14.5. The van der Waals surface area contributed by atoms with Crippen molar-refractivity contribution < 1.29 is 17.2 Å². The van der Waals surface area contributed by atoms with E-state index in [1.807, 2.05) is 24.3 Å². The topological polar surface area (TPSA) is 108 Å². The lowest BCUT2D eigenvalue weighted by atomic mass is 10.1. The second kappa shape index (κ2) is 9.88. The van der Waals surface area contributed by atoms with Gasteiger partial charge in [0.1, 0.15) is 0 Å². The normalized spacial score (nSPS) is 17.0. The highest BCUT2D eigenvalue weighted by Gasteiger charge is 2.41. The summed E-state index contributed by atoms with van der Waals surface area (Å²) in [6.07, 6.45) is 3.07. The van der Waals surface area contributed by atoms with Crippen molar-refractivity contribution in [2.45, 2.75) is 30.3 Å². The summed E-state index contributed by atoms with van der Waals surface area (Å²) in [5.74, 6) is -3.39. The fourth-order valence-electron chi connectivity index (χ4n) is 3.47. The summed E-state index contributed by atoms with van der Waals surface area (Å²) in [5, 5.41) is 5.56. The molecule has 0 spiro atoms. The summed E-state index contributed by atoms with van der Waals surface area (Å²) in [5.41, 5.74) is 3.49.